The molecule has 1 saturated carbocycles. The quantitative estimate of drug-likeness (QED) is 0.401. The summed E-state index contributed by atoms with van der Waals surface area (Å²) in [6, 6.07) is 1.89. The van der Waals surface area contributed by atoms with E-state index in [-0.39, 0.29) is 5.78 Å². The Kier molecular flexibility index (Phi) is 6.08. The maximum Gasteiger partial charge on any atom is 0.169 e. The van der Waals surface area contributed by atoms with Crippen LogP contribution in [0.2, 0.25) is 0 Å². The highest BCUT2D eigenvalue weighted by atomic mass is 32.1. The molecule has 7 heteroatoms. The van der Waals surface area contributed by atoms with E-state index in [0.717, 1.165) is 38.7 Å². The molecule has 1 aliphatic rings. The van der Waals surface area contributed by atoms with Gasteiger partial charge in [0.05, 0.1) is 17.3 Å². The van der Waals surface area contributed by atoms with Gasteiger partial charge in [-0.05, 0) is 29.9 Å². The number of thiophene rings is 1. The van der Waals surface area contributed by atoms with Crippen molar-refractivity contribution in [2.24, 2.45) is 13.0 Å². The van der Waals surface area contributed by atoms with E-state index in [1.807, 2.05) is 37.1 Å². The van der Waals surface area contributed by atoms with Crippen molar-refractivity contribution < 1.29 is 4.79 Å². The Labute approximate surface area is 180 Å². The molecule has 1 fully saturated rings. The lowest BCUT2D eigenvalue weighted by molar-refractivity contribution is 0.102. The number of rotatable bonds is 3. The number of carbonyl (C=O) groups excluding carboxylic acids is 1. The molecule has 4 aromatic rings. The van der Waals surface area contributed by atoms with Crippen LogP contribution in [0.1, 0.15) is 55.6 Å². The summed E-state index contributed by atoms with van der Waals surface area (Å²) in [6.07, 6.45) is 16.7. The van der Waals surface area contributed by atoms with Crippen molar-refractivity contribution in [3.63, 3.8) is 0 Å². The molecule has 0 saturated heterocycles. The minimum atomic E-state index is 0.0737. The summed E-state index contributed by atoms with van der Waals surface area (Å²) < 4.78 is 3.51. The van der Waals surface area contributed by atoms with E-state index >= 15 is 0 Å². The third-order valence-corrected chi connectivity index (χ3v) is 6.58. The lowest BCUT2D eigenvalue weighted by atomic mass is 9.91. The average Bonchev–Trinajstić information content (AvgIpc) is 3.47. The highest BCUT2D eigenvalue weighted by molar-refractivity contribution is 7.12. The second-order valence-corrected chi connectivity index (χ2v) is 8.98. The molecule has 0 bridgehead atoms. The number of carbonyl (C=O) groups is 1. The van der Waals surface area contributed by atoms with Gasteiger partial charge in [-0.2, -0.15) is 10.2 Å². The molecule has 0 spiro atoms. The Morgan fingerprint density at radius 3 is 2.40 bits per heavy atom. The van der Waals surface area contributed by atoms with Crippen LogP contribution in [-0.4, -0.2) is 30.2 Å². The van der Waals surface area contributed by atoms with E-state index in [9.17, 15) is 4.79 Å². The van der Waals surface area contributed by atoms with Gasteiger partial charge in [0.1, 0.15) is 0 Å². The Hall–Kier alpha value is -2.80. The molecule has 0 atom stereocenters. The molecule has 4 heterocycles. The SMILES string of the molecule is CC(=O)c1cc(-c2cnn3cc(-c4cnn(C)c4)cnc23)cs1.CC1CCCCC1. The van der Waals surface area contributed by atoms with Crippen LogP contribution in [0, 0.1) is 5.92 Å². The lowest BCUT2D eigenvalue weighted by Crippen LogP contribution is -1.99. The zero-order valence-corrected chi connectivity index (χ0v) is 18.5. The molecule has 4 aromatic heterocycles. The highest BCUT2D eigenvalue weighted by Crippen LogP contribution is 2.29. The number of Topliss-reactive ketones (excluding diaryl/α,β-unsaturated/α-hetero) is 1. The van der Waals surface area contributed by atoms with Crippen LogP contribution in [0.5, 0.6) is 0 Å². The van der Waals surface area contributed by atoms with Gasteiger partial charge in [0.2, 0.25) is 0 Å². The molecule has 0 N–H and O–H groups in total. The van der Waals surface area contributed by atoms with E-state index in [0.29, 0.717) is 0 Å². The largest absolute Gasteiger partial charge is 0.294 e. The van der Waals surface area contributed by atoms with Crippen LogP contribution in [0.25, 0.3) is 27.9 Å². The molecule has 6 nitrogen and oxygen atoms in total. The molecule has 0 amide bonds. The molecular formula is C23H27N5OS. The molecule has 156 valence electrons. The number of hydrogen-bond donors (Lipinski definition) is 0. The Balaban J connectivity index is 0.000000265. The standard InChI is InChI=1S/C16H13N5OS.C7H14/c1-10(22)15-3-11(9-23-15)14-6-19-21-8-12(4-17-16(14)21)13-5-18-20(2)7-13;1-7-5-3-2-4-6-7/h3-9H,1-2H3;7H,2-6H2,1H3. The maximum atomic E-state index is 11.5. The molecule has 0 aromatic carbocycles. The van der Waals surface area contributed by atoms with Gasteiger partial charge >= 0.3 is 0 Å². The first kappa shape index (κ1) is 20.5. The van der Waals surface area contributed by atoms with Crippen molar-refractivity contribution in [3.8, 4) is 22.3 Å². The van der Waals surface area contributed by atoms with Crippen LogP contribution in [0.15, 0.2) is 42.4 Å². The van der Waals surface area contributed by atoms with E-state index in [4.69, 9.17) is 0 Å². The minimum absolute atomic E-state index is 0.0737. The molecule has 1 aliphatic carbocycles. The molecule has 5 rings (SSSR count). The van der Waals surface area contributed by atoms with Crippen molar-refractivity contribution >= 4 is 22.8 Å². The first-order chi connectivity index (χ1) is 14.5. The third-order valence-electron chi connectivity index (χ3n) is 5.55. The minimum Gasteiger partial charge on any atom is -0.294 e. The first-order valence-electron chi connectivity index (χ1n) is 10.4. The summed E-state index contributed by atoms with van der Waals surface area (Å²) in [5.41, 5.74) is 4.61. The monoisotopic (exact) mass is 421 g/mol. The number of aryl methyl sites for hydroxylation is 1. The summed E-state index contributed by atoms with van der Waals surface area (Å²) in [4.78, 5) is 16.7. The predicted octanol–water partition coefficient (Wildman–Crippen LogP) is 5.65. The molecule has 0 aliphatic heterocycles. The fourth-order valence-electron chi connectivity index (χ4n) is 3.77. The molecule has 0 unspecified atom stereocenters. The van der Waals surface area contributed by atoms with E-state index in [1.54, 1.807) is 28.5 Å². The molecule has 0 radical (unpaired) electrons. The Morgan fingerprint density at radius 1 is 1.03 bits per heavy atom. The van der Waals surface area contributed by atoms with Crippen LogP contribution >= 0.6 is 11.3 Å². The first-order valence-corrected chi connectivity index (χ1v) is 11.3. The van der Waals surface area contributed by atoms with Crippen LogP contribution in [-0.2, 0) is 7.05 Å². The zero-order valence-electron chi connectivity index (χ0n) is 17.7. The smallest absolute Gasteiger partial charge is 0.169 e. The average molecular weight is 422 g/mol. The zero-order chi connectivity index (χ0) is 21.1. The Morgan fingerprint density at radius 2 is 1.80 bits per heavy atom. The summed E-state index contributed by atoms with van der Waals surface area (Å²) in [5.74, 6) is 1.11. The second kappa shape index (κ2) is 8.92. The highest BCUT2D eigenvalue weighted by Gasteiger charge is 2.13. The van der Waals surface area contributed by atoms with Crippen molar-refractivity contribution in [1.82, 2.24) is 24.4 Å². The number of ketones is 1. The van der Waals surface area contributed by atoms with Crippen molar-refractivity contribution in [1.29, 1.82) is 0 Å². The summed E-state index contributed by atoms with van der Waals surface area (Å²) >= 11 is 1.44. The van der Waals surface area contributed by atoms with Gasteiger partial charge in [0.25, 0.3) is 0 Å². The number of aromatic nitrogens is 5. The van der Waals surface area contributed by atoms with Crippen molar-refractivity contribution in [2.45, 2.75) is 46.0 Å². The van der Waals surface area contributed by atoms with Crippen molar-refractivity contribution in [3.05, 3.63) is 47.3 Å². The summed E-state index contributed by atoms with van der Waals surface area (Å²) in [5, 5.41) is 10.5. The van der Waals surface area contributed by atoms with Crippen LogP contribution in [0.3, 0.4) is 0 Å². The maximum absolute atomic E-state index is 11.5. The van der Waals surface area contributed by atoms with Crippen LogP contribution < -0.4 is 0 Å². The second-order valence-electron chi connectivity index (χ2n) is 8.07. The van der Waals surface area contributed by atoms with Gasteiger partial charge in [-0.15, -0.1) is 11.3 Å². The molecular weight excluding hydrogens is 394 g/mol. The third kappa shape index (κ3) is 4.51. The summed E-state index contributed by atoms with van der Waals surface area (Å²) in [7, 11) is 1.88. The number of nitrogens with zero attached hydrogens (tertiary/aromatic N) is 5. The van der Waals surface area contributed by atoms with E-state index in [2.05, 4.69) is 22.1 Å². The number of hydrogen-bond acceptors (Lipinski definition) is 5. The van der Waals surface area contributed by atoms with Gasteiger partial charge in [0, 0.05) is 42.3 Å². The van der Waals surface area contributed by atoms with Gasteiger partial charge in [0.15, 0.2) is 11.4 Å². The molecule has 30 heavy (non-hydrogen) atoms. The fourth-order valence-corrected chi connectivity index (χ4v) is 4.58. The van der Waals surface area contributed by atoms with Gasteiger partial charge in [-0.25, -0.2) is 9.50 Å². The van der Waals surface area contributed by atoms with Gasteiger partial charge < -0.3 is 0 Å². The van der Waals surface area contributed by atoms with Gasteiger partial charge in [-0.1, -0.05) is 39.0 Å². The fraction of sp³-hybridized carbons (Fsp3) is 0.391. The van der Waals surface area contributed by atoms with Crippen molar-refractivity contribution in [2.75, 3.05) is 0 Å². The topological polar surface area (TPSA) is 65.1 Å². The van der Waals surface area contributed by atoms with E-state index in [1.165, 1.54) is 43.4 Å². The number of fused-ring (bicyclic) bond motifs is 1. The van der Waals surface area contributed by atoms with E-state index < -0.39 is 0 Å². The van der Waals surface area contributed by atoms with Gasteiger partial charge in [-0.3, -0.25) is 9.48 Å². The van der Waals surface area contributed by atoms with Crippen LogP contribution in [0.4, 0.5) is 0 Å². The lowest BCUT2D eigenvalue weighted by Gasteiger charge is -2.15. The normalized spacial score (nSPS) is 14.5. The Bertz CT molecular complexity index is 1150. The summed E-state index contributed by atoms with van der Waals surface area (Å²) in [6.45, 7) is 3.93. The predicted molar refractivity (Wildman–Crippen MR) is 121 cm³/mol.